The second-order valence-electron chi connectivity index (χ2n) is 3.54. The van der Waals surface area contributed by atoms with Crippen LogP contribution in [-0.2, 0) is 14.3 Å². The number of amides is 1. The molecule has 1 aliphatic rings. The summed E-state index contributed by atoms with van der Waals surface area (Å²) in [6.07, 6.45) is 0.387. The van der Waals surface area contributed by atoms with Gasteiger partial charge in [0.15, 0.2) is 0 Å². The summed E-state index contributed by atoms with van der Waals surface area (Å²) in [4.78, 5) is 22.1. The van der Waals surface area contributed by atoms with Gasteiger partial charge in [-0.15, -0.1) is 0 Å². The summed E-state index contributed by atoms with van der Waals surface area (Å²) in [5.41, 5.74) is -0.550. The molecule has 1 rings (SSSR count). The summed E-state index contributed by atoms with van der Waals surface area (Å²) in [5, 5.41) is 10.9. The van der Waals surface area contributed by atoms with Crippen LogP contribution in [0.25, 0.3) is 0 Å². The molecule has 7 nitrogen and oxygen atoms in total. The predicted octanol–water partition coefficient (Wildman–Crippen LogP) is -0.454. The van der Waals surface area contributed by atoms with Gasteiger partial charge in [-0.25, -0.2) is 13.9 Å². The Morgan fingerprint density at radius 2 is 2.44 bits per heavy atom. The van der Waals surface area contributed by atoms with Crippen LogP contribution in [-0.4, -0.2) is 42.1 Å². The number of hydrogen-bond donors (Lipinski definition) is 3. The predicted molar refractivity (Wildman–Crippen MR) is 58.8 cm³/mol. The normalized spacial score (nSPS) is 25.4. The van der Waals surface area contributed by atoms with E-state index in [1.54, 1.807) is 13.1 Å². The van der Waals surface area contributed by atoms with E-state index in [1.807, 2.05) is 0 Å². The van der Waals surface area contributed by atoms with Crippen molar-refractivity contribution in [2.24, 2.45) is 4.40 Å². The number of aliphatic carboxylic acids is 1. The molecule has 8 heteroatoms. The average molecular weight is 247 g/mol. The molecule has 2 atom stereocenters. The Hall–Kier alpha value is -1.12. The van der Waals surface area contributed by atoms with Crippen molar-refractivity contribution in [1.29, 1.82) is 0 Å². The molecule has 0 spiro atoms. The number of carbonyl (C=O) groups excluding carboxylic acids is 1. The lowest BCUT2D eigenvalue weighted by Crippen LogP contribution is -2.47. The van der Waals surface area contributed by atoms with E-state index in [1.165, 1.54) is 7.11 Å². The van der Waals surface area contributed by atoms with Crippen LogP contribution in [0.1, 0.15) is 13.3 Å². The van der Waals surface area contributed by atoms with Gasteiger partial charge < -0.3 is 15.2 Å². The maximum Gasteiger partial charge on any atom is 0.354 e. The van der Waals surface area contributed by atoms with E-state index < -0.39 is 23.6 Å². The van der Waals surface area contributed by atoms with Crippen LogP contribution in [0.5, 0.6) is 0 Å². The van der Waals surface area contributed by atoms with Gasteiger partial charge >= 0.3 is 5.97 Å². The van der Waals surface area contributed by atoms with Crippen LogP contribution < -0.4 is 10.0 Å². The molecule has 16 heavy (non-hydrogen) atoms. The van der Waals surface area contributed by atoms with Gasteiger partial charge in [0.25, 0.3) is 0 Å². The lowest BCUT2D eigenvalue weighted by atomic mass is 10.0. The first-order valence-electron chi connectivity index (χ1n) is 4.49. The first-order valence-corrected chi connectivity index (χ1v) is 5.27. The Kier molecular flexibility index (Phi) is 4.27. The van der Waals surface area contributed by atoms with E-state index >= 15 is 0 Å². The zero-order chi connectivity index (χ0) is 12.2. The van der Waals surface area contributed by atoms with Crippen LogP contribution in [0.2, 0.25) is 0 Å². The molecule has 0 fully saturated rings. The van der Waals surface area contributed by atoms with E-state index in [0.29, 0.717) is 0 Å². The maximum atomic E-state index is 11.5. The summed E-state index contributed by atoms with van der Waals surface area (Å²) in [6, 6.07) is 0. The molecule has 1 aliphatic heterocycles. The molecule has 0 bridgehead atoms. The third kappa shape index (κ3) is 3.47. The van der Waals surface area contributed by atoms with Crippen molar-refractivity contribution in [1.82, 2.24) is 10.0 Å². The van der Waals surface area contributed by atoms with Crippen LogP contribution in [0.3, 0.4) is 0 Å². The smallest absolute Gasteiger partial charge is 0.354 e. The van der Waals surface area contributed by atoms with Crippen molar-refractivity contribution >= 4 is 30.2 Å². The van der Waals surface area contributed by atoms with Crippen molar-refractivity contribution in [3.8, 4) is 0 Å². The lowest BCUT2D eigenvalue weighted by Gasteiger charge is -2.20. The van der Waals surface area contributed by atoms with E-state index in [9.17, 15) is 9.59 Å². The third-order valence-electron chi connectivity index (χ3n) is 1.95. The molecule has 3 N–H and O–H groups in total. The molecule has 0 aromatic carbocycles. The monoisotopic (exact) mass is 247 g/mol. The van der Waals surface area contributed by atoms with Crippen molar-refractivity contribution in [2.75, 3.05) is 7.11 Å². The zero-order valence-corrected chi connectivity index (χ0v) is 9.71. The first-order chi connectivity index (χ1) is 7.47. The summed E-state index contributed by atoms with van der Waals surface area (Å²) >= 11 is 1.15. The minimum absolute atomic E-state index is 0.0939. The first kappa shape index (κ1) is 12.9. The molecule has 1 amide bonds. The van der Waals surface area contributed by atoms with Gasteiger partial charge in [0.05, 0.1) is 24.1 Å². The van der Waals surface area contributed by atoms with Crippen molar-refractivity contribution < 1.29 is 19.4 Å². The van der Waals surface area contributed by atoms with Crippen LogP contribution in [0.15, 0.2) is 4.40 Å². The van der Waals surface area contributed by atoms with Gasteiger partial charge in [0, 0.05) is 13.3 Å². The van der Waals surface area contributed by atoms with Gasteiger partial charge in [0.2, 0.25) is 12.1 Å². The number of carboxylic acids is 1. The van der Waals surface area contributed by atoms with Gasteiger partial charge in [-0.05, 0) is 6.92 Å². The Morgan fingerprint density at radius 1 is 1.75 bits per heavy atom. The largest absolute Gasteiger partial charge is 0.478 e. The Labute approximate surface area is 96.9 Å². The molecule has 0 aromatic rings. The molecule has 0 saturated heterocycles. The second kappa shape index (κ2) is 5.28. The standard InChI is InChI=1S/C8H13N3O4S/c1-8(4-9-16-11-8)3-5(12)10-6(15-2)7(13)14/h4,6,11H,3H2,1-2H3,(H,10,12)(H,13,14). The number of methoxy groups -OCH3 is 1. The molecule has 2 unspecified atom stereocenters. The van der Waals surface area contributed by atoms with E-state index in [2.05, 4.69) is 19.2 Å². The fourth-order valence-corrected chi connectivity index (χ4v) is 1.81. The molecule has 1 heterocycles. The molecular weight excluding hydrogens is 234 g/mol. The number of carboxylic acid groups (broad SMARTS) is 1. The Balaban J connectivity index is 2.46. The number of nitrogens with one attached hydrogen (secondary N) is 2. The fourth-order valence-electron chi connectivity index (χ4n) is 1.13. The maximum absolute atomic E-state index is 11.5. The highest BCUT2D eigenvalue weighted by Gasteiger charge is 2.30. The van der Waals surface area contributed by atoms with Crippen molar-refractivity contribution in [2.45, 2.75) is 25.1 Å². The number of hydrogen-bond acceptors (Lipinski definition) is 6. The highest BCUT2D eigenvalue weighted by atomic mass is 32.2. The molecule has 0 aromatic heterocycles. The summed E-state index contributed by atoms with van der Waals surface area (Å²) in [5.74, 6) is -1.65. The van der Waals surface area contributed by atoms with Gasteiger partial charge in [-0.1, -0.05) is 0 Å². The summed E-state index contributed by atoms with van der Waals surface area (Å²) in [6.45, 7) is 1.79. The summed E-state index contributed by atoms with van der Waals surface area (Å²) < 4.78 is 11.4. The lowest BCUT2D eigenvalue weighted by molar-refractivity contribution is -0.153. The molecule has 0 saturated carbocycles. The summed E-state index contributed by atoms with van der Waals surface area (Å²) in [7, 11) is 1.21. The van der Waals surface area contributed by atoms with Gasteiger partial charge in [0.1, 0.15) is 0 Å². The Morgan fingerprint density at radius 3 is 2.88 bits per heavy atom. The van der Waals surface area contributed by atoms with Crippen LogP contribution >= 0.6 is 12.1 Å². The SMILES string of the molecule is COC(NC(=O)CC1(C)C=NSN1)C(=O)O. The molecule has 90 valence electrons. The number of carbonyl (C=O) groups is 2. The number of ether oxygens (including phenoxy) is 1. The molecule has 0 radical (unpaired) electrons. The van der Waals surface area contributed by atoms with Gasteiger partial charge in [-0.2, -0.15) is 0 Å². The average Bonchev–Trinajstić information content (AvgIpc) is 2.60. The second-order valence-corrected chi connectivity index (χ2v) is 4.14. The van der Waals surface area contributed by atoms with Crippen LogP contribution in [0, 0.1) is 0 Å². The molecular formula is C8H13N3O4S. The zero-order valence-electron chi connectivity index (χ0n) is 8.89. The van der Waals surface area contributed by atoms with E-state index in [4.69, 9.17) is 5.11 Å². The third-order valence-corrected chi connectivity index (χ3v) is 2.72. The van der Waals surface area contributed by atoms with E-state index in [0.717, 1.165) is 12.1 Å². The van der Waals surface area contributed by atoms with Gasteiger partial charge in [-0.3, -0.25) is 4.79 Å². The quantitative estimate of drug-likeness (QED) is 0.449. The highest BCUT2D eigenvalue weighted by Crippen LogP contribution is 2.18. The minimum atomic E-state index is -1.32. The van der Waals surface area contributed by atoms with Crippen LogP contribution in [0.4, 0.5) is 0 Å². The number of rotatable bonds is 5. The Bertz CT molecular complexity index is 322. The fraction of sp³-hybridized carbons (Fsp3) is 0.625. The van der Waals surface area contributed by atoms with Crippen molar-refractivity contribution in [3.63, 3.8) is 0 Å². The number of nitrogens with zero attached hydrogens (tertiary/aromatic N) is 1. The highest BCUT2D eigenvalue weighted by molar-refractivity contribution is 7.96. The molecule has 0 aliphatic carbocycles. The van der Waals surface area contributed by atoms with E-state index in [-0.39, 0.29) is 6.42 Å². The van der Waals surface area contributed by atoms with Crippen molar-refractivity contribution in [3.05, 3.63) is 0 Å². The minimum Gasteiger partial charge on any atom is -0.478 e. The topological polar surface area (TPSA) is 100 Å².